The van der Waals surface area contributed by atoms with Crippen molar-refractivity contribution in [2.24, 2.45) is 4.40 Å². The van der Waals surface area contributed by atoms with Gasteiger partial charge in [0.1, 0.15) is 10.9 Å². The van der Waals surface area contributed by atoms with Crippen LogP contribution in [0.3, 0.4) is 0 Å². The summed E-state index contributed by atoms with van der Waals surface area (Å²) in [6.45, 7) is 1.60. The van der Waals surface area contributed by atoms with Crippen LogP contribution in [0.25, 0.3) is 0 Å². The number of benzene rings is 2. The van der Waals surface area contributed by atoms with Crippen molar-refractivity contribution in [3.63, 3.8) is 0 Å². The van der Waals surface area contributed by atoms with Gasteiger partial charge in [0.15, 0.2) is 17.3 Å². The van der Waals surface area contributed by atoms with Gasteiger partial charge in [0.2, 0.25) is 5.91 Å². The van der Waals surface area contributed by atoms with Crippen molar-refractivity contribution < 1.29 is 22.7 Å². The van der Waals surface area contributed by atoms with E-state index in [4.69, 9.17) is 21.1 Å². The van der Waals surface area contributed by atoms with E-state index in [1.165, 1.54) is 6.07 Å². The molecule has 0 radical (unpaired) electrons. The van der Waals surface area contributed by atoms with E-state index in [2.05, 4.69) is 9.71 Å². The topological polar surface area (TPSA) is 97.3 Å². The number of nitrogens with one attached hydrogen (secondary N) is 1. The second kappa shape index (κ2) is 7.72. The molecule has 31 heavy (non-hydrogen) atoms. The molecule has 1 saturated heterocycles. The zero-order chi connectivity index (χ0) is 21.6. The molecule has 1 amide bonds. The molecule has 0 bridgehead atoms. The van der Waals surface area contributed by atoms with Crippen LogP contribution >= 0.6 is 11.6 Å². The van der Waals surface area contributed by atoms with E-state index in [0.717, 1.165) is 12.8 Å². The van der Waals surface area contributed by atoms with E-state index >= 15 is 0 Å². The largest absolute Gasteiger partial charge is 0.490 e. The lowest BCUT2D eigenvalue weighted by Crippen LogP contribution is -2.43. The number of carbonyl (C=O) groups is 1. The van der Waals surface area contributed by atoms with Crippen LogP contribution < -0.4 is 14.8 Å². The maximum Gasteiger partial charge on any atom is 0.285 e. The average molecular weight is 462 g/mol. The highest BCUT2D eigenvalue weighted by molar-refractivity contribution is 7.90. The highest BCUT2D eigenvalue weighted by Gasteiger charge is 2.39. The molecule has 1 atom stereocenters. The van der Waals surface area contributed by atoms with E-state index in [1.54, 1.807) is 35.2 Å². The van der Waals surface area contributed by atoms with Crippen molar-refractivity contribution >= 4 is 39.1 Å². The fourth-order valence-corrected chi connectivity index (χ4v) is 5.50. The summed E-state index contributed by atoms with van der Waals surface area (Å²) in [4.78, 5) is 15.1. The lowest BCUT2D eigenvalue weighted by Gasteiger charge is -2.26. The number of amidine groups is 1. The summed E-state index contributed by atoms with van der Waals surface area (Å²) in [7, 11) is -3.76. The lowest BCUT2D eigenvalue weighted by atomic mass is 10.1. The van der Waals surface area contributed by atoms with Gasteiger partial charge in [-0.25, -0.2) is 0 Å². The Balaban J connectivity index is 1.41. The Kier molecular flexibility index (Phi) is 5.02. The summed E-state index contributed by atoms with van der Waals surface area (Å²) >= 11 is 6.37. The molecule has 0 spiro atoms. The van der Waals surface area contributed by atoms with Gasteiger partial charge >= 0.3 is 0 Å². The Morgan fingerprint density at radius 2 is 1.87 bits per heavy atom. The normalized spacial score (nSPS) is 21.3. The van der Waals surface area contributed by atoms with Gasteiger partial charge in [-0.3, -0.25) is 4.79 Å². The Hall–Kier alpha value is -2.78. The third-order valence-corrected chi connectivity index (χ3v) is 7.17. The van der Waals surface area contributed by atoms with Crippen molar-refractivity contribution in [2.45, 2.75) is 30.2 Å². The van der Waals surface area contributed by atoms with Gasteiger partial charge < -0.3 is 19.7 Å². The number of anilines is 1. The first-order valence-corrected chi connectivity index (χ1v) is 11.9. The summed E-state index contributed by atoms with van der Waals surface area (Å²) in [5.41, 5.74) is 0.944. The van der Waals surface area contributed by atoms with E-state index in [0.29, 0.717) is 59.8 Å². The van der Waals surface area contributed by atoms with E-state index < -0.39 is 16.1 Å². The van der Waals surface area contributed by atoms with E-state index in [9.17, 15) is 13.2 Å². The summed E-state index contributed by atoms with van der Waals surface area (Å²) < 4.78 is 40.2. The number of amides is 1. The molecule has 3 aliphatic rings. The summed E-state index contributed by atoms with van der Waals surface area (Å²) in [5.74, 6) is 1.11. The minimum atomic E-state index is -3.76. The van der Waals surface area contributed by atoms with Crippen LogP contribution in [0, 0.1) is 0 Å². The second-order valence-corrected chi connectivity index (χ2v) is 9.54. The summed E-state index contributed by atoms with van der Waals surface area (Å²) in [6.07, 6.45) is 2.08. The van der Waals surface area contributed by atoms with E-state index in [1.807, 2.05) is 0 Å². The zero-order valence-electron chi connectivity index (χ0n) is 16.5. The van der Waals surface area contributed by atoms with Crippen LogP contribution in [0.2, 0.25) is 5.02 Å². The fraction of sp³-hybridized carbons (Fsp3) is 0.333. The van der Waals surface area contributed by atoms with Gasteiger partial charge in [-0.05, 0) is 25.0 Å². The first kappa shape index (κ1) is 20.1. The third-order valence-electron chi connectivity index (χ3n) is 5.54. The molecular formula is C21H20ClN3O5S. The Morgan fingerprint density at radius 3 is 2.68 bits per heavy atom. The molecule has 162 valence electrons. The molecule has 0 aromatic heterocycles. The number of likely N-dealkylation sites (tertiary alicyclic amines) is 1. The number of fused-ring (bicyclic) bond motifs is 2. The average Bonchev–Trinajstić information content (AvgIpc) is 3.25. The second-order valence-electron chi connectivity index (χ2n) is 7.56. The molecule has 2 aromatic rings. The molecule has 1 N–H and O–H groups in total. The van der Waals surface area contributed by atoms with Gasteiger partial charge in [0, 0.05) is 30.7 Å². The van der Waals surface area contributed by atoms with Crippen LogP contribution in [0.1, 0.15) is 24.8 Å². The van der Waals surface area contributed by atoms with Gasteiger partial charge in [0.05, 0.1) is 23.9 Å². The molecule has 0 unspecified atom stereocenters. The van der Waals surface area contributed by atoms with Crippen LogP contribution in [0.15, 0.2) is 45.7 Å². The number of hydrogen-bond donors (Lipinski definition) is 1. The summed E-state index contributed by atoms with van der Waals surface area (Å²) in [6, 6.07) is 9.40. The molecule has 0 aliphatic carbocycles. The molecule has 8 nitrogen and oxygen atoms in total. The van der Waals surface area contributed by atoms with Gasteiger partial charge in [-0.15, -0.1) is 4.40 Å². The predicted octanol–water partition coefficient (Wildman–Crippen LogP) is 3.05. The van der Waals surface area contributed by atoms with E-state index in [-0.39, 0.29) is 10.8 Å². The SMILES string of the molecule is O=C(Nc1cc2c(cc1Cl)OCCCO2)[C@@H]1CCCN1C1=NS(=O)(=O)c2ccccc21. The molecule has 0 saturated carbocycles. The molecule has 1 fully saturated rings. The highest BCUT2D eigenvalue weighted by Crippen LogP contribution is 2.38. The van der Waals surface area contributed by atoms with Gasteiger partial charge in [-0.1, -0.05) is 23.7 Å². The maximum absolute atomic E-state index is 13.2. The number of carbonyl (C=O) groups excluding carboxylic acids is 1. The minimum absolute atomic E-state index is 0.169. The Morgan fingerprint density at radius 1 is 1.13 bits per heavy atom. The standard InChI is InChI=1S/C21H20ClN3O5S/c22-14-11-17-18(30-10-4-9-29-17)12-15(14)23-21(26)16-6-3-8-25(16)20-13-5-1-2-7-19(13)31(27,28)24-20/h1-2,5,7,11-12,16H,3-4,6,8-10H2,(H,23,26)/t16-/m0/s1. The monoisotopic (exact) mass is 461 g/mol. The van der Waals surface area contributed by atoms with Crippen molar-refractivity contribution in [1.29, 1.82) is 0 Å². The lowest BCUT2D eigenvalue weighted by molar-refractivity contribution is -0.119. The van der Waals surface area contributed by atoms with Crippen LogP contribution in [-0.4, -0.2) is 50.9 Å². The molecule has 10 heteroatoms. The Bertz CT molecular complexity index is 1200. The van der Waals surface area contributed by atoms with Crippen molar-refractivity contribution in [1.82, 2.24) is 4.90 Å². The van der Waals surface area contributed by atoms with Crippen LogP contribution in [-0.2, 0) is 14.8 Å². The Labute approximate surface area is 184 Å². The number of nitrogens with zero attached hydrogens (tertiary/aromatic N) is 2. The maximum atomic E-state index is 13.2. The summed E-state index contributed by atoms with van der Waals surface area (Å²) in [5, 5.41) is 3.21. The highest BCUT2D eigenvalue weighted by atomic mass is 35.5. The van der Waals surface area contributed by atoms with Gasteiger partial charge in [-0.2, -0.15) is 8.42 Å². The van der Waals surface area contributed by atoms with Gasteiger partial charge in [0.25, 0.3) is 10.0 Å². The molecule has 3 heterocycles. The predicted molar refractivity (Wildman–Crippen MR) is 116 cm³/mol. The van der Waals surface area contributed by atoms with Crippen LogP contribution in [0.5, 0.6) is 11.5 Å². The molecule has 5 rings (SSSR count). The fourth-order valence-electron chi connectivity index (χ4n) is 4.08. The first-order chi connectivity index (χ1) is 14.9. The third kappa shape index (κ3) is 3.61. The number of sulfonamides is 1. The molecule has 3 aliphatic heterocycles. The molecule has 2 aromatic carbocycles. The quantitative estimate of drug-likeness (QED) is 0.738. The smallest absolute Gasteiger partial charge is 0.285 e. The van der Waals surface area contributed by atoms with Crippen LogP contribution in [0.4, 0.5) is 5.69 Å². The van der Waals surface area contributed by atoms with Crippen molar-refractivity contribution in [3.05, 3.63) is 47.0 Å². The van der Waals surface area contributed by atoms with Crippen molar-refractivity contribution in [2.75, 3.05) is 25.1 Å². The zero-order valence-corrected chi connectivity index (χ0v) is 18.1. The molecular weight excluding hydrogens is 442 g/mol. The van der Waals surface area contributed by atoms with Crippen molar-refractivity contribution in [3.8, 4) is 11.5 Å². The number of rotatable bonds is 2. The first-order valence-electron chi connectivity index (χ1n) is 10.0. The number of hydrogen-bond acceptors (Lipinski definition) is 6. The minimum Gasteiger partial charge on any atom is -0.490 e. The number of halogens is 1. The number of ether oxygens (including phenoxy) is 2.